The van der Waals surface area contributed by atoms with E-state index in [2.05, 4.69) is 52.1 Å². The van der Waals surface area contributed by atoms with Crippen LogP contribution in [-0.4, -0.2) is 12.1 Å². The first kappa shape index (κ1) is 16.8. The van der Waals surface area contributed by atoms with Gasteiger partial charge in [0.15, 0.2) is 0 Å². The Hall–Kier alpha value is -0.530. The molecule has 1 aromatic carbocycles. The molecule has 1 fully saturated rings. The third kappa shape index (κ3) is 5.00. The molecule has 2 rings (SSSR count). The number of hydrogen-bond donors (Lipinski definition) is 1. The highest BCUT2D eigenvalue weighted by Gasteiger charge is 2.35. The Labute approximate surface area is 135 Å². The molecule has 0 saturated heterocycles. The third-order valence-corrected chi connectivity index (χ3v) is 4.98. The Morgan fingerprint density at radius 1 is 1.19 bits per heavy atom. The zero-order chi connectivity index (χ0) is 15.7. The third-order valence-electron chi connectivity index (χ3n) is 4.73. The summed E-state index contributed by atoms with van der Waals surface area (Å²) >= 11 is 6.05. The van der Waals surface area contributed by atoms with E-state index in [0.29, 0.717) is 11.3 Å². The minimum absolute atomic E-state index is 0.192. The molecule has 2 atom stereocenters. The number of nitrogens with one attached hydrogen (secondary N) is 1. The fraction of sp³-hybridized carbons (Fsp3) is 0.684. The van der Waals surface area contributed by atoms with Crippen molar-refractivity contribution in [2.75, 3.05) is 6.54 Å². The fourth-order valence-electron chi connectivity index (χ4n) is 3.42. The Morgan fingerprint density at radius 3 is 2.38 bits per heavy atom. The lowest BCUT2D eigenvalue weighted by Crippen LogP contribution is -2.42. The van der Waals surface area contributed by atoms with Crippen LogP contribution in [0.15, 0.2) is 24.3 Å². The first-order valence-electron chi connectivity index (χ1n) is 8.17. The average Bonchev–Trinajstić information content (AvgIpc) is 2.36. The normalized spacial score (nSPS) is 25.8. The van der Waals surface area contributed by atoms with Crippen molar-refractivity contribution in [1.29, 1.82) is 0 Å². The summed E-state index contributed by atoms with van der Waals surface area (Å²) in [4.78, 5) is 0. The van der Waals surface area contributed by atoms with E-state index < -0.39 is 0 Å². The Morgan fingerprint density at radius 2 is 1.81 bits per heavy atom. The van der Waals surface area contributed by atoms with Gasteiger partial charge in [-0.15, -0.1) is 0 Å². The van der Waals surface area contributed by atoms with Gasteiger partial charge in [0.2, 0.25) is 0 Å². The zero-order valence-electron chi connectivity index (χ0n) is 14.2. The van der Waals surface area contributed by atoms with Crippen LogP contribution in [0.5, 0.6) is 0 Å². The van der Waals surface area contributed by atoms with Crippen LogP contribution < -0.4 is 5.32 Å². The molecule has 2 heteroatoms. The lowest BCUT2D eigenvalue weighted by molar-refractivity contribution is 0.154. The summed E-state index contributed by atoms with van der Waals surface area (Å²) in [7, 11) is 0. The molecule has 1 aliphatic rings. The van der Waals surface area contributed by atoms with E-state index in [1.54, 1.807) is 0 Å². The molecule has 0 radical (unpaired) electrons. The van der Waals surface area contributed by atoms with Crippen LogP contribution in [0.1, 0.15) is 65.4 Å². The zero-order valence-corrected chi connectivity index (χ0v) is 14.9. The second-order valence-corrected chi connectivity index (χ2v) is 8.89. The van der Waals surface area contributed by atoms with Crippen molar-refractivity contribution in [3.05, 3.63) is 34.9 Å². The quantitative estimate of drug-likeness (QED) is 0.762. The molecule has 1 N–H and O–H groups in total. The molecule has 2 unspecified atom stereocenters. The highest BCUT2D eigenvalue weighted by molar-refractivity contribution is 6.30. The smallest absolute Gasteiger partial charge is 0.0406 e. The summed E-state index contributed by atoms with van der Waals surface area (Å²) in [5, 5.41) is 4.54. The van der Waals surface area contributed by atoms with Crippen LogP contribution in [0.4, 0.5) is 0 Å². The standard InChI is InChI=1S/C19H30ClN/c1-18(2,3)21-13-15-10-11-19(4,5)12-17(15)14-6-8-16(20)9-7-14/h6-9,15,17,21H,10-13H2,1-5H3. The lowest BCUT2D eigenvalue weighted by Gasteiger charge is -2.42. The van der Waals surface area contributed by atoms with E-state index in [0.717, 1.165) is 17.5 Å². The maximum absolute atomic E-state index is 6.05. The summed E-state index contributed by atoms with van der Waals surface area (Å²) in [6, 6.07) is 8.51. The van der Waals surface area contributed by atoms with E-state index in [1.807, 2.05) is 12.1 Å². The molecule has 1 nitrogen and oxygen atoms in total. The van der Waals surface area contributed by atoms with Crippen LogP contribution in [-0.2, 0) is 0 Å². The molecule has 0 aromatic heterocycles. The monoisotopic (exact) mass is 307 g/mol. The van der Waals surface area contributed by atoms with Crippen LogP contribution in [0.2, 0.25) is 5.02 Å². The largest absolute Gasteiger partial charge is 0.312 e. The first-order valence-corrected chi connectivity index (χ1v) is 8.55. The maximum Gasteiger partial charge on any atom is 0.0406 e. The molecule has 21 heavy (non-hydrogen) atoms. The molecule has 1 aliphatic carbocycles. The van der Waals surface area contributed by atoms with E-state index in [9.17, 15) is 0 Å². The van der Waals surface area contributed by atoms with Crippen molar-refractivity contribution in [1.82, 2.24) is 5.32 Å². The summed E-state index contributed by atoms with van der Waals surface area (Å²) in [6.07, 6.45) is 3.90. The second-order valence-electron chi connectivity index (χ2n) is 8.46. The predicted octanol–water partition coefficient (Wildman–Crippen LogP) is 5.64. The van der Waals surface area contributed by atoms with Gasteiger partial charge in [-0.3, -0.25) is 0 Å². The van der Waals surface area contributed by atoms with Gasteiger partial charge in [-0.2, -0.15) is 0 Å². The molecular weight excluding hydrogens is 278 g/mol. The minimum Gasteiger partial charge on any atom is -0.312 e. The highest BCUT2D eigenvalue weighted by Crippen LogP contribution is 2.46. The van der Waals surface area contributed by atoms with Gasteiger partial charge < -0.3 is 5.32 Å². The molecule has 0 amide bonds. The van der Waals surface area contributed by atoms with E-state index in [4.69, 9.17) is 11.6 Å². The molecular formula is C19H30ClN. The van der Waals surface area contributed by atoms with E-state index >= 15 is 0 Å². The minimum atomic E-state index is 0.192. The molecule has 118 valence electrons. The Bertz CT molecular complexity index is 455. The SMILES string of the molecule is CC1(C)CCC(CNC(C)(C)C)C(c2ccc(Cl)cc2)C1. The second kappa shape index (κ2) is 6.30. The van der Waals surface area contributed by atoms with Crippen molar-refractivity contribution in [3.8, 4) is 0 Å². The van der Waals surface area contributed by atoms with Gasteiger partial charge in [0.05, 0.1) is 0 Å². The Kier molecular flexibility index (Phi) is 5.05. The van der Waals surface area contributed by atoms with Crippen molar-refractivity contribution < 1.29 is 0 Å². The van der Waals surface area contributed by atoms with Gasteiger partial charge in [0.1, 0.15) is 0 Å². The van der Waals surface area contributed by atoms with Crippen LogP contribution in [0.3, 0.4) is 0 Å². The van der Waals surface area contributed by atoms with Crippen LogP contribution in [0, 0.1) is 11.3 Å². The van der Waals surface area contributed by atoms with Gasteiger partial charge >= 0.3 is 0 Å². The first-order chi connectivity index (χ1) is 9.66. The highest BCUT2D eigenvalue weighted by atomic mass is 35.5. The summed E-state index contributed by atoms with van der Waals surface area (Å²) in [5.74, 6) is 1.36. The fourth-order valence-corrected chi connectivity index (χ4v) is 3.55. The van der Waals surface area contributed by atoms with Gasteiger partial charge in [-0.25, -0.2) is 0 Å². The topological polar surface area (TPSA) is 12.0 Å². The van der Waals surface area contributed by atoms with Crippen molar-refractivity contribution >= 4 is 11.6 Å². The van der Waals surface area contributed by atoms with Crippen molar-refractivity contribution in [3.63, 3.8) is 0 Å². The van der Waals surface area contributed by atoms with Crippen LogP contribution >= 0.6 is 11.6 Å². The van der Waals surface area contributed by atoms with E-state index in [-0.39, 0.29) is 5.54 Å². The maximum atomic E-state index is 6.05. The predicted molar refractivity (Wildman–Crippen MR) is 93.1 cm³/mol. The number of halogens is 1. The van der Waals surface area contributed by atoms with Crippen molar-refractivity contribution in [2.45, 2.75) is 65.3 Å². The lowest BCUT2D eigenvalue weighted by atomic mass is 9.65. The summed E-state index contributed by atoms with van der Waals surface area (Å²) in [6.45, 7) is 12.7. The van der Waals surface area contributed by atoms with Gasteiger partial charge in [-0.1, -0.05) is 37.6 Å². The average molecular weight is 308 g/mol. The molecule has 1 aromatic rings. The van der Waals surface area contributed by atoms with E-state index in [1.165, 1.54) is 24.8 Å². The molecule has 0 bridgehead atoms. The molecule has 0 spiro atoms. The summed E-state index contributed by atoms with van der Waals surface area (Å²) in [5.41, 5.74) is 2.09. The van der Waals surface area contributed by atoms with Crippen LogP contribution in [0.25, 0.3) is 0 Å². The van der Waals surface area contributed by atoms with Crippen molar-refractivity contribution in [2.24, 2.45) is 11.3 Å². The summed E-state index contributed by atoms with van der Waals surface area (Å²) < 4.78 is 0. The Balaban J connectivity index is 2.15. The van der Waals surface area contributed by atoms with Gasteiger partial charge in [-0.05, 0) is 81.5 Å². The number of benzene rings is 1. The molecule has 0 aliphatic heterocycles. The number of rotatable bonds is 3. The molecule has 1 saturated carbocycles. The van der Waals surface area contributed by atoms with Gasteiger partial charge in [0.25, 0.3) is 0 Å². The molecule has 0 heterocycles. The van der Waals surface area contributed by atoms with Gasteiger partial charge in [0, 0.05) is 10.6 Å². The number of hydrogen-bond acceptors (Lipinski definition) is 1.